The van der Waals surface area contributed by atoms with Crippen molar-refractivity contribution in [2.24, 2.45) is 0 Å². The van der Waals surface area contributed by atoms with Gasteiger partial charge in [-0.05, 0) is 30.7 Å². The molecule has 1 aliphatic heterocycles. The maximum Gasteiger partial charge on any atom is 0.265 e. The second kappa shape index (κ2) is 11.3. The van der Waals surface area contributed by atoms with Gasteiger partial charge in [0, 0.05) is 29.6 Å². The molecule has 3 aromatic rings. The summed E-state index contributed by atoms with van der Waals surface area (Å²) in [5.74, 6) is 2.94. The van der Waals surface area contributed by atoms with Crippen LogP contribution >= 0.6 is 11.6 Å². The fourth-order valence-electron chi connectivity index (χ4n) is 3.55. The number of hydrogen-bond donors (Lipinski definition) is 3. The molecule has 0 spiro atoms. The predicted octanol–water partition coefficient (Wildman–Crippen LogP) is 3.31. The Kier molecular flexibility index (Phi) is 8.09. The van der Waals surface area contributed by atoms with Gasteiger partial charge < -0.3 is 19.9 Å². The second-order valence-electron chi connectivity index (χ2n) is 7.89. The van der Waals surface area contributed by atoms with E-state index in [9.17, 15) is 17.9 Å². The number of methoxy groups -OCH3 is 1. The van der Waals surface area contributed by atoms with E-state index in [1.807, 2.05) is 0 Å². The fourth-order valence-corrected chi connectivity index (χ4v) is 5.15. The number of aliphatic hydroxyl groups excluding tert-OH is 1. The van der Waals surface area contributed by atoms with Crippen molar-refractivity contribution >= 4 is 33.3 Å². The molecule has 1 aliphatic rings. The van der Waals surface area contributed by atoms with Gasteiger partial charge in [-0.25, -0.2) is 27.2 Å². The number of halogens is 3. The zero-order valence-corrected chi connectivity index (χ0v) is 21.0. The molecule has 194 valence electrons. The lowest BCUT2D eigenvalue weighted by Crippen LogP contribution is -2.20. The molecule has 1 atom stereocenters. The molecule has 3 N–H and O–H groups in total. The van der Waals surface area contributed by atoms with E-state index in [1.165, 1.54) is 25.6 Å². The summed E-state index contributed by atoms with van der Waals surface area (Å²) in [4.78, 5) is 7.84. The van der Waals surface area contributed by atoms with Gasteiger partial charge in [-0.3, -0.25) is 4.72 Å². The van der Waals surface area contributed by atoms with Crippen molar-refractivity contribution in [3.63, 3.8) is 0 Å². The number of rotatable bonds is 7. The van der Waals surface area contributed by atoms with Gasteiger partial charge in [-0.2, -0.15) is 0 Å². The number of ether oxygens (including phenoxy) is 2. The number of hydrogen-bond acceptors (Lipinski definition) is 8. The van der Waals surface area contributed by atoms with Gasteiger partial charge in [-0.1, -0.05) is 23.4 Å². The summed E-state index contributed by atoms with van der Waals surface area (Å²) in [6, 6.07) is 4.33. The van der Waals surface area contributed by atoms with Crippen LogP contribution in [0.5, 0.6) is 5.75 Å². The lowest BCUT2D eigenvalue weighted by atomic mass is 10.1. The Labute approximate surface area is 216 Å². The van der Waals surface area contributed by atoms with Crippen molar-refractivity contribution in [2.75, 3.05) is 30.4 Å². The normalized spacial score (nSPS) is 15.1. The Morgan fingerprint density at radius 1 is 1.24 bits per heavy atom. The Morgan fingerprint density at radius 2 is 2.00 bits per heavy atom. The van der Waals surface area contributed by atoms with Crippen LogP contribution in [0.15, 0.2) is 41.6 Å². The molecule has 1 saturated heterocycles. The molecular weight excluding hydrogens is 530 g/mol. The molecule has 37 heavy (non-hydrogen) atoms. The third kappa shape index (κ3) is 6.08. The van der Waals surface area contributed by atoms with Crippen LogP contribution in [0.4, 0.5) is 20.4 Å². The van der Waals surface area contributed by atoms with E-state index < -0.39 is 44.4 Å². The molecule has 0 radical (unpaired) electrons. The molecule has 9 nitrogen and oxygen atoms in total. The maximum atomic E-state index is 15.2. The number of sulfonamides is 1. The van der Waals surface area contributed by atoms with Gasteiger partial charge in [-0.15, -0.1) is 0 Å². The van der Waals surface area contributed by atoms with E-state index in [1.54, 1.807) is 0 Å². The third-order valence-electron chi connectivity index (χ3n) is 5.34. The monoisotopic (exact) mass is 550 g/mol. The summed E-state index contributed by atoms with van der Waals surface area (Å²) in [6.07, 6.45) is 3.62. The third-order valence-corrected chi connectivity index (χ3v) is 6.93. The highest BCUT2D eigenvalue weighted by Crippen LogP contribution is 2.33. The molecule has 0 bridgehead atoms. The first-order valence-corrected chi connectivity index (χ1v) is 12.7. The average molecular weight is 551 g/mol. The van der Waals surface area contributed by atoms with Crippen LogP contribution in [0.25, 0.3) is 0 Å². The molecule has 0 aliphatic carbocycles. The van der Waals surface area contributed by atoms with Gasteiger partial charge in [0.15, 0.2) is 5.82 Å². The molecule has 4 rings (SSSR count). The largest absolute Gasteiger partial charge is 0.495 e. The maximum absolute atomic E-state index is 15.2. The standard InChI is InChI=1S/C24H21ClF2N4O5S/c1-35-23-15(12-32)8-16(25)9-21(23)37(33,34)31-20-5-4-19(26)18(22(20)27)3-2-14-10-28-24(29-11-14)30-17-6-7-36-13-17/h4-5,8-11,17,31-32H,6-7,12-13H2,1H3,(H,28,29,30). The number of benzene rings is 2. The quantitative estimate of drug-likeness (QED) is 0.383. The lowest BCUT2D eigenvalue weighted by molar-refractivity contribution is 0.195. The van der Waals surface area contributed by atoms with Crippen LogP contribution in [-0.2, 0) is 21.4 Å². The molecular formula is C24H21ClF2N4O5S. The van der Waals surface area contributed by atoms with Gasteiger partial charge >= 0.3 is 0 Å². The molecule has 2 heterocycles. The first-order valence-electron chi connectivity index (χ1n) is 10.9. The van der Waals surface area contributed by atoms with Crippen molar-refractivity contribution in [2.45, 2.75) is 24.0 Å². The molecule has 0 saturated carbocycles. The molecule has 1 unspecified atom stereocenters. The van der Waals surface area contributed by atoms with E-state index in [0.717, 1.165) is 24.6 Å². The van der Waals surface area contributed by atoms with Crippen molar-refractivity contribution in [1.82, 2.24) is 9.97 Å². The van der Waals surface area contributed by atoms with E-state index >= 15 is 4.39 Å². The van der Waals surface area contributed by atoms with E-state index in [2.05, 4.69) is 31.8 Å². The van der Waals surface area contributed by atoms with Crippen molar-refractivity contribution in [3.8, 4) is 17.6 Å². The second-order valence-corrected chi connectivity index (χ2v) is 9.98. The Balaban J connectivity index is 1.60. The van der Waals surface area contributed by atoms with Crippen molar-refractivity contribution < 1.29 is 31.8 Å². The average Bonchev–Trinajstić information content (AvgIpc) is 3.39. The zero-order valence-electron chi connectivity index (χ0n) is 19.4. The zero-order chi connectivity index (χ0) is 26.6. The number of nitrogens with one attached hydrogen (secondary N) is 2. The van der Waals surface area contributed by atoms with Gasteiger partial charge in [0.1, 0.15) is 16.5 Å². The van der Waals surface area contributed by atoms with Crippen LogP contribution in [0.1, 0.15) is 23.1 Å². The Hall–Kier alpha value is -3.50. The number of nitrogens with zero attached hydrogens (tertiary/aromatic N) is 2. The van der Waals surface area contributed by atoms with Crippen LogP contribution in [0, 0.1) is 23.5 Å². The van der Waals surface area contributed by atoms with Gasteiger partial charge in [0.05, 0.1) is 43.2 Å². The molecule has 13 heteroatoms. The summed E-state index contributed by atoms with van der Waals surface area (Å²) in [7, 11) is -3.25. The van der Waals surface area contributed by atoms with E-state index in [-0.39, 0.29) is 22.4 Å². The highest BCUT2D eigenvalue weighted by Gasteiger charge is 2.25. The molecule has 2 aromatic carbocycles. The number of anilines is 2. The summed E-state index contributed by atoms with van der Waals surface area (Å²) >= 11 is 5.97. The first-order chi connectivity index (χ1) is 17.7. The minimum Gasteiger partial charge on any atom is -0.495 e. The first kappa shape index (κ1) is 26.6. The minimum atomic E-state index is -4.46. The van der Waals surface area contributed by atoms with Crippen molar-refractivity contribution in [1.29, 1.82) is 0 Å². The molecule has 1 fully saturated rings. The Bertz CT molecular complexity index is 1470. The van der Waals surface area contributed by atoms with Crippen LogP contribution < -0.4 is 14.8 Å². The van der Waals surface area contributed by atoms with Crippen molar-refractivity contribution in [3.05, 3.63) is 70.0 Å². The summed E-state index contributed by atoms with van der Waals surface area (Å²) in [6.45, 7) is 0.660. The fraction of sp³-hybridized carbons (Fsp3) is 0.250. The predicted molar refractivity (Wildman–Crippen MR) is 132 cm³/mol. The van der Waals surface area contributed by atoms with Crippen LogP contribution in [-0.4, -0.2) is 49.9 Å². The number of aromatic nitrogens is 2. The molecule has 0 amide bonds. The number of aliphatic hydroxyl groups is 1. The smallest absolute Gasteiger partial charge is 0.265 e. The van der Waals surface area contributed by atoms with Crippen LogP contribution in [0.3, 0.4) is 0 Å². The summed E-state index contributed by atoms with van der Waals surface area (Å²) in [5, 5.41) is 12.6. The van der Waals surface area contributed by atoms with Crippen LogP contribution in [0.2, 0.25) is 5.02 Å². The van der Waals surface area contributed by atoms with Gasteiger partial charge in [0.2, 0.25) is 5.95 Å². The highest BCUT2D eigenvalue weighted by molar-refractivity contribution is 7.92. The van der Waals surface area contributed by atoms with E-state index in [4.69, 9.17) is 21.1 Å². The van der Waals surface area contributed by atoms with Gasteiger partial charge in [0.25, 0.3) is 10.0 Å². The SMILES string of the molecule is COc1c(CO)cc(Cl)cc1S(=O)(=O)Nc1ccc(F)c(C#Cc2cnc(NC3CCOC3)nc2)c1F. The summed E-state index contributed by atoms with van der Waals surface area (Å²) < 4.78 is 68.1. The molecule has 1 aromatic heterocycles. The topological polar surface area (TPSA) is 123 Å². The highest BCUT2D eigenvalue weighted by atomic mass is 35.5. The minimum absolute atomic E-state index is 0.0105. The Morgan fingerprint density at radius 3 is 2.65 bits per heavy atom. The lowest BCUT2D eigenvalue weighted by Gasteiger charge is -2.15. The van der Waals surface area contributed by atoms with E-state index in [0.29, 0.717) is 24.7 Å². The summed E-state index contributed by atoms with van der Waals surface area (Å²) in [5.41, 5.74) is -0.799.